The second kappa shape index (κ2) is 10.7. The zero-order valence-electron chi connectivity index (χ0n) is 21.4. The molecule has 2 aliphatic rings. The van der Waals surface area contributed by atoms with Gasteiger partial charge in [0.1, 0.15) is 11.6 Å². The number of hydrogen-bond acceptors (Lipinski definition) is 8. The molecule has 0 aromatic carbocycles. The minimum Gasteiger partial charge on any atom is -0.455 e. The number of aryl methyl sites for hydroxylation is 1. The van der Waals surface area contributed by atoms with E-state index in [0.29, 0.717) is 18.5 Å². The van der Waals surface area contributed by atoms with Crippen LogP contribution in [-0.2, 0) is 19.1 Å². The van der Waals surface area contributed by atoms with E-state index in [1.165, 1.54) is 17.4 Å². The van der Waals surface area contributed by atoms with Gasteiger partial charge in [0, 0.05) is 17.7 Å². The highest BCUT2D eigenvalue weighted by atomic mass is 32.1. The quantitative estimate of drug-likeness (QED) is 0.448. The summed E-state index contributed by atoms with van der Waals surface area (Å²) in [7, 11) is 0. The second-order valence-corrected chi connectivity index (χ2v) is 12.0. The number of halogens is 1. The normalized spacial score (nSPS) is 37.5. The number of Topliss-reactive ketones (excluding diaryl/α,β-unsaturated/α-hetero) is 1. The lowest BCUT2D eigenvalue weighted by molar-refractivity contribution is -0.155. The molecule has 3 heterocycles. The highest BCUT2D eigenvalue weighted by molar-refractivity contribution is 7.09. The molecule has 7 atom stereocenters. The molecule has 9 heteroatoms. The summed E-state index contributed by atoms with van der Waals surface area (Å²) < 4.78 is 26.7. The van der Waals surface area contributed by atoms with E-state index < -0.39 is 53.5 Å². The van der Waals surface area contributed by atoms with Gasteiger partial charge in [0.2, 0.25) is 0 Å². The summed E-state index contributed by atoms with van der Waals surface area (Å²) in [4.78, 5) is 30.2. The molecule has 0 aliphatic carbocycles. The number of aliphatic hydroxyl groups is 2. The number of ether oxygens (including phenoxy) is 2. The Labute approximate surface area is 210 Å². The summed E-state index contributed by atoms with van der Waals surface area (Å²) in [5, 5.41) is 24.1. The molecule has 1 aromatic rings. The fraction of sp³-hybridized carbons (Fsp3) is 0.731. The first-order chi connectivity index (χ1) is 16.2. The Bertz CT molecular complexity index is 961. The predicted octanol–water partition coefficient (Wildman–Crippen LogP) is 4.38. The maximum Gasteiger partial charge on any atom is 0.309 e. The minimum atomic E-state index is -1.35. The maximum atomic E-state index is 15.3. The molecule has 0 unspecified atom stereocenters. The zero-order valence-corrected chi connectivity index (χ0v) is 22.2. The number of rotatable bonds is 2. The summed E-state index contributed by atoms with van der Waals surface area (Å²) >= 11 is 1.39. The van der Waals surface area contributed by atoms with Crippen LogP contribution in [0.2, 0.25) is 0 Å². The monoisotopic (exact) mass is 511 g/mol. The first-order valence-electron chi connectivity index (χ1n) is 12.3. The number of aromatic nitrogens is 1. The zero-order chi connectivity index (χ0) is 26.1. The van der Waals surface area contributed by atoms with Gasteiger partial charge in [-0.25, -0.2) is 9.37 Å². The summed E-state index contributed by atoms with van der Waals surface area (Å²) in [6, 6.07) is 0. The summed E-state index contributed by atoms with van der Waals surface area (Å²) in [5.74, 6) is -2.62. The van der Waals surface area contributed by atoms with Gasteiger partial charge >= 0.3 is 5.97 Å². The molecule has 0 radical (unpaired) electrons. The molecular formula is C26H38FNO6S. The lowest BCUT2D eigenvalue weighted by Gasteiger charge is -2.34. The van der Waals surface area contributed by atoms with Crippen molar-refractivity contribution in [2.75, 3.05) is 0 Å². The number of hydrogen-bond donors (Lipinski definition) is 2. The number of aliphatic hydroxyl groups excluding tert-OH is 2. The van der Waals surface area contributed by atoms with Crippen LogP contribution in [0.1, 0.15) is 77.4 Å². The van der Waals surface area contributed by atoms with Crippen molar-refractivity contribution >= 4 is 29.2 Å². The van der Waals surface area contributed by atoms with Crippen LogP contribution in [0, 0.1) is 24.2 Å². The van der Waals surface area contributed by atoms with Crippen molar-refractivity contribution in [2.45, 2.75) is 104 Å². The minimum absolute atomic E-state index is 0.129. The predicted molar refractivity (Wildman–Crippen MR) is 131 cm³/mol. The Balaban J connectivity index is 1.85. The first-order valence-corrected chi connectivity index (χ1v) is 13.2. The molecule has 0 saturated carbocycles. The highest BCUT2D eigenvalue weighted by Gasteiger charge is 2.53. The Morgan fingerprint density at radius 2 is 1.94 bits per heavy atom. The molecule has 0 spiro atoms. The van der Waals surface area contributed by atoms with Crippen molar-refractivity contribution in [3.63, 3.8) is 0 Å². The number of epoxide rings is 1. The van der Waals surface area contributed by atoms with E-state index in [2.05, 4.69) is 4.98 Å². The number of carbonyl (C=O) groups excluding carboxylic acids is 2. The molecule has 2 aliphatic heterocycles. The molecular weight excluding hydrogens is 473 g/mol. The van der Waals surface area contributed by atoms with Crippen molar-refractivity contribution in [1.82, 2.24) is 4.98 Å². The average molecular weight is 512 g/mol. The molecule has 3 rings (SSSR count). The molecule has 2 fully saturated rings. The molecule has 0 bridgehead atoms. The third kappa shape index (κ3) is 6.56. The van der Waals surface area contributed by atoms with Crippen LogP contribution < -0.4 is 0 Å². The Hall–Kier alpha value is -1.68. The van der Waals surface area contributed by atoms with Gasteiger partial charge in [-0.3, -0.25) is 9.59 Å². The van der Waals surface area contributed by atoms with Crippen LogP contribution in [0.25, 0.3) is 6.08 Å². The molecule has 35 heavy (non-hydrogen) atoms. The van der Waals surface area contributed by atoms with Crippen molar-refractivity contribution in [3.05, 3.63) is 21.9 Å². The van der Waals surface area contributed by atoms with E-state index in [4.69, 9.17) is 9.47 Å². The van der Waals surface area contributed by atoms with E-state index in [1.807, 2.05) is 20.8 Å². The number of ketones is 1. The smallest absolute Gasteiger partial charge is 0.309 e. The number of nitrogens with zero attached hydrogens (tertiary/aromatic N) is 1. The van der Waals surface area contributed by atoms with Crippen LogP contribution in [0.15, 0.2) is 11.2 Å². The molecule has 0 amide bonds. The Morgan fingerprint density at radius 1 is 1.26 bits per heavy atom. The third-order valence-electron chi connectivity index (χ3n) is 7.64. The lowest BCUT2D eigenvalue weighted by Crippen LogP contribution is -2.45. The van der Waals surface area contributed by atoms with Crippen molar-refractivity contribution in [2.24, 2.45) is 17.3 Å². The van der Waals surface area contributed by atoms with Crippen molar-refractivity contribution in [1.29, 1.82) is 0 Å². The van der Waals surface area contributed by atoms with Crippen LogP contribution in [0.3, 0.4) is 0 Å². The number of esters is 1. The number of carbonyl (C=O) groups is 2. The van der Waals surface area contributed by atoms with Gasteiger partial charge < -0.3 is 19.7 Å². The molecule has 196 valence electrons. The summed E-state index contributed by atoms with van der Waals surface area (Å²) in [6.07, 6.45) is -0.593. The van der Waals surface area contributed by atoms with Crippen LogP contribution >= 0.6 is 11.3 Å². The average Bonchev–Trinajstić information content (AvgIpc) is 3.22. The van der Waals surface area contributed by atoms with Gasteiger partial charge in [-0.15, -0.1) is 11.3 Å². The van der Waals surface area contributed by atoms with E-state index in [9.17, 15) is 19.8 Å². The largest absolute Gasteiger partial charge is 0.455 e. The van der Waals surface area contributed by atoms with Gasteiger partial charge in [-0.05, 0) is 38.7 Å². The van der Waals surface area contributed by atoms with Crippen molar-refractivity contribution < 1.29 is 33.7 Å². The molecule has 2 N–H and O–H groups in total. The molecule has 2 saturated heterocycles. The SMILES string of the molecule is Cc1nc(/C=C(\F)[C@@H]2C[C@H]3O[C@@]3(C)CCC[C@H](C)[C@H](O)[C@@H](C)C(=O)C(C)(C)[C@@H](O)CC(=O)O2)cs1. The standard InChI is InChI=1S/C26H38FNO6S/c1-14-8-7-9-26(6)21(34-26)11-19(18(27)10-17-13-35-16(3)28-17)33-22(30)12-20(29)25(4,5)24(32)15(2)23(14)31/h10,13-15,19-21,23,29,31H,7-9,11-12H2,1-6H3/b18-10-/t14-,15+,19-,20-,21+,23-,26-/m0/s1. The first kappa shape index (κ1) is 27.9. The van der Waals surface area contributed by atoms with Crippen molar-refractivity contribution in [3.8, 4) is 0 Å². The number of thiazole rings is 1. The van der Waals surface area contributed by atoms with Gasteiger partial charge in [0.25, 0.3) is 0 Å². The van der Waals surface area contributed by atoms with Gasteiger partial charge in [-0.2, -0.15) is 0 Å². The van der Waals surface area contributed by atoms with E-state index >= 15 is 4.39 Å². The fourth-order valence-electron chi connectivity index (χ4n) is 4.86. The van der Waals surface area contributed by atoms with E-state index in [0.717, 1.165) is 11.4 Å². The van der Waals surface area contributed by atoms with E-state index in [-0.39, 0.29) is 24.2 Å². The summed E-state index contributed by atoms with van der Waals surface area (Å²) in [5.41, 5.74) is -1.32. The Morgan fingerprint density at radius 3 is 2.57 bits per heavy atom. The number of fused-ring (bicyclic) bond motifs is 1. The van der Waals surface area contributed by atoms with Crippen LogP contribution in [-0.4, -0.2) is 57.0 Å². The third-order valence-corrected chi connectivity index (χ3v) is 8.43. The van der Waals surface area contributed by atoms with E-state index in [1.54, 1.807) is 26.2 Å². The van der Waals surface area contributed by atoms with Crippen LogP contribution in [0.5, 0.6) is 0 Å². The van der Waals surface area contributed by atoms with Gasteiger partial charge in [-0.1, -0.05) is 34.1 Å². The number of cyclic esters (lactones) is 1. The topological polar surface area (TPSA) is 109 Å². The van der Waals surface area contributed by atoms with Gasteiger partial charge in [0.15, 0.2) is 6.10 Å². The Kier molecular flexibility index (Phi) is 8.57. The summed E-state index contributed by atoms with van der Waals surface area (Å²) in [6.45, 7) is 10.4. The van der Waals surface area contributed by atoms with Crippen LogP contribution in [0.4, 0.5) is 4.39 Å². The molecule has 1 aromatic heterocycles. The fourth-order valence-corrected chi connectivity index (χ4v) is 5.44. The second-order valence-electron chi connectivity index (χ2n) is 10.9. The van der Waals surface area contributed by atoms with Gasteiger partial charge in [0.05, 0.1) is 46.5 Å². The highest BCUT2D eigenvalue weighted by Crippen LogP contribution is 2.45. The lowest BCUT2D eigenvalue weighted by atomic mass is 9.73. The molecule has 7 nitrogen and oxygen atoms in total. The maximum absolute atomic E-state index is 15.3.